The second-order valence-electron chi connectivity index (χ2n) is 3.91. The first-order valence-electron chi connectivity index (χ1n) is 4.88. The van der Waals surface area contributed by atoms with Gasteiger partial charge >= 0.3 is 0 Å². The molecule has 1 saturated carbocycles. The second-order valence-corrected chi connectivity index (χ2v) is 6.00. The largest absolute Gasteiger partial charge is 0.388 e. The van der Waals surface area contributed by atoms with Crippen LogP contribution in [0, 0.1) is 5.41 Å². The van der Waals surface area contributed by atoms with Crippen molar-refractivity contribution in [2.75, 3.05) is 20.6 Å². The summed E-state index contributed by atoms with van der Waals surface area (Å²) < 4.78 is 26.4. The number of nitrogens with zero attached hydrogens (tertiary/aromatic N) is 2. The minimum atomic E-state index is -3.36. The number of amidine groups is 1. The van der Waals surface area contributed by atoms with Gasteiger partial charge in [0.2, 0.25) is 0 Å². The molecule has 1 aliphatic carbocycles. The summed E-state index contributed by atoms with van der Waals surface area (Å²) in [5.74, 6) is 0.0228. The highest BCUT2D eigenvalue weighted by atomic mass is 32.2. The van der Waals surface area contributed by atoms with E-state index in [9.17, 15) is 8.42 Å². The topological polar surface area (TPSA) is 90.5 Å². The molecule has 15 heavy (non-hydrogen) atoms. The third-order valence-corrected chi connectivity index (χ3v) is 4.31. The molecule has 0 atom stereocenters. The first-order chi connectivity index (χ1) is 6.85. The van der Waals surface area contributed by atoms with E-state index >= 15 is 0 Å². The molecule has 1 fully saturated rings. The lowest BCUT2D eigenvalue weighted by Crippen LogP contribution is -2.42. The third kappa shape index (κ3) is 3.15. The van der Waals surface area contributed by atoms with Gasteiger partial charge in [0.15, 0.2) is 0 Å². The van der Waals surface area contributed by atoms with Gasteiger partial charge in [-0.2, -0.15) is 17.0 Å². The average molecular weight is 234 g/mol. The van der Waals surface area contributed by atoms with Crippen LogP contribution in [0.5, 0.6) is 0 Å². The molecule has 0 heterocycles. The van der Waals surface area contributed by atoms with Crippen LogP contribution in [-0.4, -0.2) is 49.5 Å². The van der Waals surface area contributed by atoms with Gasteiger partial charge in [0.25, 0.3) is 10.2 Å². The molecule has 6 nitrogen and oxygen atoms in total. The summed E-state index contributed by atoms with van der Waals surface area (Å²) in [6, 6.07) is 0.108. The molecule has 0 amide bonds. The third-order valence-electron chi connectivity index (χ3n) is 2.31. The van der Waals surface area contributed by atoms with Crippen molar-refractivity contribution in [3.8, 4) is 0 Å². The van der Waals surface area contributed by atoms with Crippen molar-refractivity contribution in [2.24, 2.45) is 5.73 Å². The monoisotopic (exact) mass is 234 g/mol. The maximum absolute atomic E-state index is 11.9. The molecule has 7 heteroatoms. The predicted molar refractivity (Wildman–Crippen MR) is 58.9 cm³/mol. The van der Waals surface area contributed by atoms with E-state index in [-0.39, 0.29) is 11.9 Å². The van der Waals surface area contributed by atoms with Crippen LogP contribution in [0.25, 0.3) is 0 Å². The number of rotatable bonds is 6. The number of hydrogen-bond acceptors (Lipinski definition) is 3. The number of nitrogens with two attached hydrogens (primary N) is 1. The van der Waals surface area contributed by atoms with Crippen molar-refractivity contribution in [1.82, 2.24) is 8.61 Å². The zero-order valence-corrected chi connectivity index (χ0v) is 9.92. The second kappa shape index (κ2) is 4.46. The Hall–Kier alpha value is -0.660. The minimum absolute atomic E-state index is 0.0228. The Balaban J connectivity index is 2.69. The molecule has 0 aromatic heterocycles. The lowest BCUT2D eigenvalue weighted by Gasteiger charge is -2.24. The van der Waals surface area contributed by atoms with Gasteiger partial charge in [0.05, 0.1) is 5.84 Å². The molecular weight excluding hydrogens is 216 g/mol. The molecule has 0 unspecified atom stereocenters. The van der Waals surface area contributed by atoms with Gasteiger partial charge < -0.3 is 5.73 Å². The van der Waals surface area contributed by atoms with Crippen LogP contribution < -0.4 is 5.73 Å². The van der Waals surface area contributed by atoms with E-state index in [0.717, 1.165) is 12.8 Å². The fourth-order valence-corrected chi connectivity index (χ4v) is 2.62. The van der Waals surface area contributed by atoms with Crippen LogP contribution in [0.2, 0.25) is 0 Å². The van der Waals surface area contributed by atoms with E-state index in [1.165, 1.54) is 22.7 Å². The van der Waals surface area contributed by atoms with E-state index in [0.29, 0.717) is 13.0 Å². The van der Waals surface area contributed by atoms with Gasteiger partial charge in [-0.05, 0) is 12.8 Å². The molecule has 0 aromatic carbocycles. The Kier molecular flexibility index (Phi) is 3.69. The summed E-state index contributed by atoms with van der Waals surface area (Å²) in [4.78, 5) is 0. The Morgan fingerprint density at radius 2 is 2.00 bits per heavy atom. The molecule has 88 valence electrons. The highest BCUT2D eigenvalue weighted by Gasteiger charge is 2.37. The summed E-state index contributed by atoms with van der Waals surface area (Å²) in [6.45, 7) is 0.306. The Morgan fingerprint density at radius 1 is 1.47 bits per heavy atom. The maximum Gasteiger partial charge on any atom is 0.281 e. The standard InChI is InChI=1S/C8H18N4O2S/c1-11(2)15(13,14)12(7-3-4-7)6-5-8(9)10/h7H,3-6H2,1-2H3,(H3,9,10). The van der Waals surface area contributed by atoms with Crippen LogP contribution >= 0.6 is 0 Å². The van der Waals surface area contributed by atoms with E-state index in [4.69, 9.17) is 11.1 Å². The van der Waals surface area contributed by atoms with Crippen LogP contribution in [0.4, 0.5) is 0 Å². The number of nitrogens with one attached hydrogen (secondary N) is 1. The van der Waals surface area contributed by atoms with Crippen LogP contribution in [0.3, 0.4) is 0 Å². The smallest absolute Gasteiger partial charge is 0.281 e. The van der Waals surface area contributed by atoms with Crippen molar-refractivity contribution >= 4 is 16.0 Å². The van der Waals surface area contributed by atoms with E-state index < -0.39 is 10.2 Å². The molecule has 0 saturated heterocycles. The Labute approximate surface area is 90.7 Å². The summed E-state index contributed by atoms with van der Waals surface area (Å²) in [5, 5.41) is 7.10. The normalized spacial score (nSPS) is 17.3. The fraction of sp³-hybridized carbons (Fsp3) is 0.875. The van der Waals surface area contributed by atoms with Crippen LogP contribution in [0.15, 0.2) is 0 Å². The molecule has 0 aromatic rings. The van der Waals surface area contributed by atoms with Crippen LogP contribution in [0.1, 0.15) is 19.3 Å². The summed E-state index contributed by atoms with van der Waals surface area (Å²) in [5.41, 5.74) is 5.23. The summed E-state index contributed by atoms with van der Waals surface area (Å²) in [7, 11) is -0.332. The first kappa shape index (κ1) is 12.4. The fourth-order valence-electron chi connectivity index (χ4n) is 1.29. The predicted octanol–water partition coefficient (Wildman–Crippen LogP) is -0.417. The van der Waals surface area contributed by atoms with Crippen molar-refractivity contribution in [3.05, 3.63) is 0 Å². The molecular formula is C8H18N4O2S. The molecule has 0 radical (unpaired) electrons. The highest BCUT2D eigenvalue weighted by Crippen LogP contribution is 2.29. The van der Waals surface area contributed by atoms with Crippen molar-refractivity contribution in [3.63, 3.8) is 0 Å². The van der Waals surface area contributed by atoms with Crippen molar-refractivity contribution < 1.29 is 8.42 Å². The molecule has 0 spiro atoms. The molecule has 1 rings (SSSR count). The maximum atomic E-state index is 11.9. The van der Waals surface area contributed by atoms with Gasteiger partial charge in [-0.25, -0.2) is 0 Å². The van der Waals surface area contributed by atoms with Crippen molar-refractivity contribution in [2.45, 2.75) is 25.3 Å². The van der Waals surface area contributed by atoms with Gasteiger partial charge in [-0.15, -0.1) is 0 Å². The van der Waals surface area contributed by atoms with Gasteiger partial charge in [-0.1, -0.05) is 0 Å². The first-order valence-corrected chi connectivity index (χ1v) is 6.27. The lowest BCUT2D eigenvalue weighted by molar-refractivity contribution is 0.374. The summed E-state index contributed by atoms with van der Waals surface area (Å²) >= 11 is 0. The highest BCUT2D eigenvalue weighted by molar-refractivity contribution is 7.86. The lowest BCUT2D eigenvalue weighted by atomic mass is 10.4. The number of hydrogen-bond donors (Lipinski definition) is 2. The quantitative estimate of drug-likeness (QED) is 0.483. The Morgan fingerprint density at radius 3 is 2.33 bits per heavy atom. The van der Waals surface area contributed by atoms with Gasteiger partial charge in [0, 0.05) is 33.1 Å². The molecule has 0 bridgehead atoms. The SMILES string of the molecule is CN(C)S(=O)(=O)N(CCC(=N)N)C1CC1. The molecule has 1 aliphatic rings. The van der Waals surface area contributed by atoms with E-state index in [2.05, 4.69) is 0 Å². The van der Waals surface area contributed by atoms with Gasteiger partial charge in [-0.3, -0.25) is 5.41 Å². The van der Waals surface area contributed by atoms with Crippen LogP contribution in [-0.2, 0) is 10.2 Å². The van der Waals surface area contributed by atoms with Gasteiger partial charge in [0.1, 0.15) is 0 Å². The zero-order chi connectivity index (χ0) is 11.6. The molecule has 0 aliphatic heterocycles. The molecule has 3 N–H and O–H groups in total. The zero-order valence-electron chi connectivity index (χ0n) is 9.10. The Bertz CT molecular complexity index is 335. The minimum Gasteiger partial charge on any atom is -0.388 e. The average Bonchev–Trinajstić information content (AvgIpc) is 2.87. The summed E-state index contributed by atoms with van der Waals surface area (Å²) in [6.07, 6.45) is 2.11. The van der Waals surface area contributed by atoms with E-state index in [1.54, 1.807) is 0 Å². The van der Waals surface area contributed by atoms with E-state index in [1.807, 2.05) is 0 Å². The van der Waals surface area contributed by atoms with Crippen molar-refractivity contribution in [1.29, 1.82) is 5.41 Å².